The molecule has 16 nitrogen and oxygen atoms in total. The zero-order valence-electron chi connectivity index (χ0n) is 40.7. The second kappa shape index (κ2) is 56.3. The first-order valence-electron chi connectivity index (χ1n) is 24.7. The highest BCUT2D eigenvalue weighted by atomic mass is 16.6. The molecule has 1 unspecified atom stereocenters. The Balaban J connectivity index is 3.55. The first-order chi connectivity index (χ1) is 32.2. The number of carbonyl (C=O) groups is 3. The van der Waals surface area contributed by atoms with Crippen LogP contribution in [0.3, 0.4) is 0 Å². The molecule has 0 spiro atoms. The molecule has 0 saturated carbocycles. The van der Waals surface area contributed by atoms with Crippen molar-refractivity contribution < 1.29 is 76.0 Å². The highest BCUT2D eigenvalue weighted by Gasteiger charge is 2.24. The molecule has 0 aliphatic rings. The van der Waals surface area contributed by atoms with Gasteiger partial charge in [0, 0.05) is 20.1 Å². The first kappa shape index (κ1) is 63.0. The SMILES string of the molecule is CCCCCCCC/C=C/CCCCCCCC(=O)OC(CC[B]C=O)C(=O)OCCCCOCCOCCOCCOCCOCCOCCOCCOCCOCCOCCOC. The third-order valence-electron chi connectivity index (χ3n) is 9.58. The summed E-state index contributed by atoms with van der Waals surface area (Å²) in [6, 6.07) is 0. The van der Waals surface area contributed by atoms with E-state index in [9.17, 15) is 14.4 Å². The van der Waals surface area contributed by atoms with Gasteiger partial charge in [-0.3, -0.25) is 4.79 Å². The fourth-order valence-corrected chi connectivity index (χ4v) is 5.89. The molecule has 0 N–H and O–H groups in total. The predicted molar refractivity (Wildman–Crippen MR) is 252 cm³/mol. The van der Waals surface area contributed by atoms with Gasteiger partial charge in [0.05, 0.1) is 145 Å². The van der Waals surface area contributed by atoms with Crippen LogP contribution in [0.5, 0.6) is 0 Å². The van der Waals surface area contributed by atoms with Gasteiger partial charge in [0.25, 0.3) is 0 Å². The maximum Gasteiger partial charge on any atom is 0.347 e. The number of hydrogen-bond acceptors (Lipinski definition) is 16. The van der Waals surface area contributed by atoms with Crippen molar-refractivity contribution in [3.05, 3.63) is 12.2 Å². The van der Waals surface area contributed by atoms with Gasteiger partial charge in [-0.15, -0.1) is 0 Å². The van der Waals surface area contributed by atoms with Crippen molar-refractivity contribution in [1.82, 2.24) is 0 Å². The summed E-state index contributed by atoms with van der Waals surface area (Å²) < 4.78 is 70.6. The Hall–Kier alpha value is -2.03. The summed E-state index contributed by atoms with van der Waals surface area (Å²) in [5.74, 6) is -0.987. The molecule has 0 aromatic carbocycles. The number of allylic oxidation sites excluding steroid dienone is 2. The minimum Gasteiger partial charge on any atom is -0.463 e. The summed E-state index contributed by atoms with van der Waals surface area (Å²) in [5, 5.41) is 0. The van der Waals surface area contributed by atoms with Crippen LogP contribution < -0.4 is 0 Å². The smallest absolute Gasteiger partial charge is 0.347 e. The Morgan fingerprint density at radius 1 is 0.446 bits per heavy atom. The lowest BCUT2D eigenvalue weighted by Gasteiger charge is -2.16. The van der Waals surface area contributed by atoms with Gasteiger partial charge in [-0.25, -0.2) is 4.79 Å². The molecule has 65 heavy (non-hydrogen) atoms. The Morgan fingerprint density at radius 2 is 0.815 bits per heavy atom. The largest absolute Gasteiger partial charge is 0.463 e. The topological polar surface area (TPSA) is 171 Å². The summed E-state index contributed by atoms with van der Waals surface area (Å²) in [6.45, 7) is 12.9. The van der Waals surface area contributed by atoms with E-state index in [2.05, 4.69) is 19.1 Å². The zero-order chi connectivity index (χ0) is 47.0. The number of unbranched alkanes of at least 4 members (excludes halogenated alkanes) is 12. The normalized spacial score (nSPS) is 12.0. The van der Waals surface area contributed by atoms with Gasteiger partial charge in [-0.1, -0.05) is 76.8 Å². The Labute approximate surface area is 393 Å². The molecular weight excluding hydrogens is 843 g/mol. The van der Waals surface area contributed by atoms with Crippen molar-refractivity contribution in [2.75, 3.05) is 152 Å². The van der Waals surface area contributed by atoms with E-state index in [0.717, 1.165) is 38.5 Å². The van der Waals surface area contributed by atoms with Gasteiger partial charge < -0.3 is 66.4 Å². The molecule has 17 heteroatoms. The molecule has 1 radical (unpaired) electrons. The molecule has 0 aliphatic heterocycles. The van der Waals surface area contributed by atoms with E-state index in [1.54, 1.807) is 7.11 Å². The van der Waals surface area contributed by atoms with Gasteiger partial charge in [-0.05, 0) is 51.4 Å². The van der Waals surface area contributed by atoms with E-state index < -0.39 is 18.0 Å². The van der Waals surface area contributed by atoms with E-state index in [-0.39, 0.29) is 19.4 Å². The molecule has 0 aromatic rings. The van der Waals surface area contributed by atoms with Crippen LogP contribution in [0.1, 0.15) is 116 Å². The molecule has 0 bridgehead atoms. The maximum absolute atomic E-state index is 12.7. The van der Waals surface area contributed by atoms with Crippen molar-refractivity contribution in [2.45, 2.75) is 129 Å². The average molecular weight is 934 g/mol. The fourth-order valence-electron chi connectivity index (χ4n) is 5.89. The number of rotatable bonds is 56. The fraction of sp³-hybridized carbons (Fsp3) is 0.896. The molecule has 0 fully saturated rings. The molecule has 381 valence electrons. The quantitative estimate of drug-likeness (QED) is 0.0206. The molecule has 0 heterocycles. The van der Waals surface area contributed by atoms with E-state index in [4.69, 9.17) is 61.6 Å². The average Bonchev–Trinajstić information content (AvgIpc) is 3.31. The minimum absolute atomic E-state index is 0.197. The summed E-state index contributed by atoms with van der Waals surface area (Å²) in [6.07, 6.45) is 21.7. The second-order valence-corrected chi connectivity index (χ2v) is 15.3. The third-order valence-corrected chi connectivity index (χ3v) is 9.58. The Kier molecular flexibility index (Phi) is 54.5. The number of carbonyl (C=O) groups excluding carboxylic acids is 3. The van der Waals surface area contributed by atoms with Crippen LogP contribution in [0.4, 0.5) is 0 Å². The van der Waals surface area contributed by atoms with Gasteiger partial charge in [0.1, 0.15) is 0 Å². The summed E-state index contributed by atoms with van der Waals surface area (Å²) in [5.41, 5.74) is 0. The molecule has 0 amide bonds. The van der Waals surface area contributed by atoms with Crippen LogP contribution in [-0.2, 0) is 76.0 Å². The lowest BCUT2D eigenvalue weighted by Crippen LogP contribution is -2.30. The molecular formula is C48H90BO16. The van der Waals surface area contributed by atoms with Gasteiger partial charge in [-0.2, -0.15) is 0 Å². The van der Waals surface area contributed by atoms with Crippen molar-refractivity contribution >= 4 is 25.4 Å². The Bertz CT molecular complexity index is 1010. The molecule has 0 saturated heterocycles. The Morgan fingerprint density at radius 3 is 1.23 bits per heavy atom. The zero-order valence-corrected chi connectivity index (χ0v) is 40.7. The molecule has 1 atom stereocenters. The van der Waals surface area contributed by atoms with Crippen molar-refractivity contribution in [3.8, 4) is 0 Å². The van der Waals surface area contributed by atoms with Crippen LogP contribution in [-0.4, -0.2) is 184 Å². The van der Waals surface area contributed by atoms with Crippen LogP contribution in [0.25, 0.3) is 0 Å². The van der Waals surface area contributed by atoms with Crippen LogP contribution in [0, 0.1) is 0 Å². The summed E-state index contributed by atoms with van der Waals surface area (Å²) in [4.78, 5) is 35.9. The highest BCUT2D eigenvalue weighted by Crippen LogP contribution is 2.13. The molecule has 0 aliphatic carbocycles. The lowest BCUT2D eigenvalue weighted by molar-refractivity contribution is -0.168. The van der Waals surface area contributed by atoms with Crippen LogP contribution in [0.15, 0.2) is 12.2 Å². The standard InChI is InChI=1S/C48H90BO16/c1-3-4-5-6-7-8-9-10-11-12-13-14-15-16-17-20-47(51)65-46(21-22-49-45-50)48(52)64-24-19-18-23-54-27-28-56-31-32-58-35-36-60-39-40-62-43-44-63-42-41-61-38-37-59-34-33-57-30-29-55-26-25-53-2/h10-11,45-46H,3-9,12-44H2,1-2H3/b11-10+. The van der Waals surface area contributed by atoms with E-state index in [1.807, 2.05) is 0 Å². The lowest BCUT2D eigenvalue weighted by atomic mass is 9.75. The number of hydrogen-bond donors (Lipinski definition) is 0. The number of esters is 2. The third kappa shape index (κ3) is 52.8. The first-order valence-corrected chi connectivity index (χ1v) is 24.7. The van der Waals surface area contributed by atoms with E-state index >= 15 is 0 Å². The van der Waals surface area contributed by atoms with Gasteiger partial charge in [0.2, 0.25) is 0 Å². The monoisotopic (exact) mass is 934 g/mol. The van der Waals surface area contributed by atoms with Gasteiger partial charge in [0.15, 0.2) is 13.4 Å². The molecule has 0 rings (SSSR count). The number of ether oxygens (including phenoxy) is 13. The van der Waals surface area contributed by atoms with Gasteiger partial charge >= 0.3 is 11.9 Å². The van der Waals surface area contributed by atoms with E-state index in [0.29, 0.717) is 164 Å². The van der Waals surface area contributed by atoms with E-state index in [1.165, 1.54) is 52.2 Å². The van der Waals surface area contributed by atoms with Crippen molar-refractivity contribution in [3.63, 3.8) is 0 Å². The van der Waals surface area contributed by atoms with Crippen molar-refractivity contribution in [1.29, 1.82) is 0 Å². The minimum atomic E-state index is -1.01. The highest BCUT2D eigenvalue weighted by molar-refractivity contribution is 6.66. The summed E-state index contributed by atoms with van der Waals surface area (Å²) in [7, 11) is 3.05. The summed E-state index contributed by atoms with van der Waals surface area (Å²) >= 11 is 0. The van der Waals surface area contributed by atoms with Crippen LogP contribution >= 0.6 is 0 Å². The molecule has 0 aromatic heterocycles. The predicted octanol–water partition coefficient (Wildman–Crippen LogP) is 6.77. The second-order valence-electron chi connectivity index (χ2n) is 15.3. The van der Waals surface area contributed by atoms with Crippen LogP contribution in [0.2, 0.25) is 6.32 Å². The maximum atomic E-state index is 12.7. The number of methoxy groups -OCH3 is 1. The van der Waals surface area contributed by atoms with Crippen molar-refractivity contribution in [2.24, 2.45) is 0 Å².